The molecule has 0 bridgehead atoms. The molecule has 0 atom stereocenters. The van der Waals surface area contributed by atoms with E-state index in [-0.39, 0.29) is 18.3 Å². The van der Waals surface area contributed by atoms with Crippen LogP contribution < -0.4 is 10.1 Å². The number of benzene rings is 2. The molecule has 0 aliphatic rings. The van der Waals surface area contributed by atoms with Gasteiger partial charge in [0.05, 0.1) is 23.4 Å². The Morgan fingerprint density at radius 1 is 0.930 bits per heavy atom. The molecule has 8 nitrogen and oxygen atoms in total. The molecule has 0 saturated heterocycles. The van der Waals surface area contributed by atoms with Gasteiger partial charge in [0.2, 0.25) is 5.91 Å². The number of carbonyl (C=O) groups excluding carboxylic acids is 2. The molecule has 3 rings (SSSR count). The maximum absolute atomic E-state index is 12.6. The highest BCUT2D eigenvalue weighted by Crippen LogP contribution is 2.31. The van der Waals surface area contributed by atoms with Gasteiger partial charge in [-0.05, 0) is 85.7 Å². The number of esters is 1. The Hall–Kier alpha value is -4.30. The van der Waals surface area contributed by atoms with Crippen molar-refractivity contribution in [3.05, 3.63) is 89.2 Å². The van der Waals surface area contributed by atoms with Crippen LogP contribution in [0.2, 0.25) is 0 Å². The third kappa shape index (κ3) is 10.8. The first kappa shape index (κ1) is 33.2. The van der Waals surface area contributed by atoms with Gasteiger partial charge in [-0.3, -0.25) is 19.4 Å². The van der Waals surface area contributed by atoms with Crippen molar-refractivity contribution < 1.29 is 29.0 Å². The minimum atomic E-state index is -1.05. The van der Waals surface area contributed by atoms with Crippen molar-refractivity contribution in [2.24, 2.45) is 5.41 Å². The normalized spacial score (nSPS) is 11.4. The number of aromatic nitrogens is 1. The lowest BCUT2D eigenvalue weighted by atomic mass is 9.79. The topological polar surface area (TPSA) is 115 Å². The summed E-state index contributed by atoms with van der Waals surface area (Å²) in [5, 5.41) is 12.5. The first-order valence-electron chi connectivity index (χ1n) is 14.9. The summed E-state index contributed by atoms with van der Waals surface area (Å²) in [5.41, 5.74) is 3.27. The predicted octanol–water partition coefficient (Wildman–Crippen LogP) is 7.33. The van der Waals surface area contributed by atoms with Crippen LogP contribution in [0.3, 0.4) is 0 Å². The number of carbonyl (C=O) groups is 3. The second-order valence-electron chi connectivity index (χ2n) is 10.5. The number of carboxylic acid groups (broad SMARTS) is 1. The van der Waals surface area contributed by atoms with Crippen molar-refractivity contribution in [1.82, 2.24) is 4.98 Å². The maximum atomic E-state index is 12.6. The second kappa shape index (κ2) is 17.0. The van der Waals surface area contributed by atoms with Gasteiger partial charge in [0, 0.05) is 25.1 Å². The Bertz CT molecular complexity index is 1380. The fourth-order valence-electron chi connectivity index (χ4n) is 4.60. The van der Waals surface area contributed by atoms with Crippen LogP contribution in [-0.2, 0) is 32.1 Å². The Balaban J connectivity index is 1.43. The zero-order valence-corrected chi connectivity index (χ0v) is 25.3. The molecule has 0 aliphatic carbocycles. The van der Waals surface area contributed by atoms with Crippen LogP contribution in [-0.4, -0.2) is 34.5 Å². The highest BCUT2D eigenvalue weighted by atomic mass is 16.5. The molecule has 0 radical (unpaired) electrons. The first-order valence-corrected chi connectivity index (χ1v) is 14.9. The lowest BCUT2D eigenvalue weighted by Gasteiger charge is -2.25. The molecule has 0 fully saturated rings. The number of pyridine rings is 1. The van der Waals surface area contributed by atoms with Crippen molar-refractivity contribution in [2.45, 2.75) is 72.3 Å². The first-order chi connectivity index (χ1) is 20.8. The number of ether oxygens (including phenoxy) is 2. The second-order valence-corrected chi connectivity index (χ2v) is 10.5. The number of unbranched alkanes of at least 4 members (excludes halogenated alkanes) is 1. The average molecular weight is 587 g/mol. The third-order valence-corrected chi connectivity index (χ3v) is 7.45. The summed E-state index contributed by atoms with van der Waals surface area (Å²) < 4.78 is 11.1. The van der Waals surface area contributed by atoms with Crippen molar-refractivity contribution in [3.8, 4) is 5.75 Å². The Morgan fingerprint density at radius 2 is 1.67 bits per heavy atom. The van der Waals surface area contributed by atoms with Crippen LogP contribution in [0.5, 0.6) is 5.75 Å². The molecule has 2 aromatic carbocycles. The molecule has 0 aliphatic heterocycles. The number of hydrogen-bond acceptors (Lipinski definition) is 6. The molecular weight excluding hydrogens is 544 g/mol. The minimum absolute atomic E-state index is 0.0684. The summed E-state index contributed by atoms with van der Waals surface area (Å²) in [6.45, 7) is 6.42. The zero-order valence-electron chi connectivity index (χ0n) is 25.3. The monoisotopic (exact) mass is 586 g/mol. The number of nitrogens with one attached hydrogen (secondary N) is 1. The fraction of sp³-hybridized carbons (Fsp3) is 0.371. The number of carboxylic acids is 1. The number of rotatable bonds is 17. The highest BCUT2D eigenvalue weighted by molar-refractivity contribution is 5.94. The molecular formula is C35H42N2O6. The molecule has 2 N–H and O–H groups in total. The van der Waals surface area contributed by atoms with E-state index in [1.54, 1.807) is 26.8 Å². The Kier molecular flexibility index (Phi) is 13.1. The summed E-state index contributed by atoms with van der Waals surface area (Å²) in [5.74, 6) is -0.918. The molecule has 0 spiro atoms. The molecule has 1 amide bonds. The average Bonchev–Trinajstić information content (AvgIpc) is 3.01. The van der Waals surface area contributed by atoms with E-state index in [1.807, 2.05) is 72.8 Å². The summed E-state index contributed by atoms with van der Waals surface area (Å²) in [7, 11) is 0. The van der Waals surface area contributed by atoms with E-state index in [0.717, 1.165) is 36.2 Å². The van der Waals surface area contributed by atoms with E-state index in [0.29, 0.717) is 43.9 Å². The Morgan fingerprint density at radius 3 is 2.37 bits per heavy atom. The van der Waals surface area contributed by atoms with Gasteiger partial charge in [0.1, 0.15) is 5.75 Å². The van der Waals surface area contributed by atoms with Gasteiger partial charge in [-0.1, -0.05) is 57.2 Å². The van der Waals surface area contributed by atoms with Gasteiger partial charge in [-0.25, -0.2) is 0 Å². The Labute approximate surface area is 254 Å². The number of amides is 1. The van der Waals surface area contributed by atoms with Crippen LogP contribution in [0.15, 0.2) is 66.7 Å². The van der Waals surface area contributed by atoms with Crippen LogP contribution in [0.25, 0.3) is 12.2 Å². The third-order valence-electron chi connectivity index (χ3n) is 7.45. The molecule has 228 valence electrons. The molecule has 1 heterocycles. The molecule has 0 unspecified atom stereocenters. The smallest absolute Gasteiger partial charge is 0.310 e. The van der Waals surface area contributed by atoms with Gasteiger partial charge in [0.25, 0.3) is 0 Å². The van der Waals surface area contributed by atoms with Gasteiger partial charge in [-0.15, -0.1) is 0 Å². The van der Waals surface area contributed by atoms with Gasteiger partial charge in [-0.2, -0.15) is 0 Å². The molecule has 8 heteroatoms. The van der Waals surface area contributed by atoms with Gasteiger partial charge in [0.15, 0.2) is 0 Å². The summed E-state index contributed by atoms with van der Waals surface area (Å²) in [6.07, 6.45) is 7.73. The van der Waals surface area contributed by atoms with E-state index in [1.165, 1.54) is 5.56 Å². The number of hydrogen-bond donors (Lipinski definition) is 2. The minimum Gasteiger partial charge on any atom is -0.481 e. The fourth-order valence-corrected chi connectivity index (χ4v) is 4.60. The highest BCUT2D eigenvalue weighted by Gasteiger charge is 2.37. The van der Waals surface area contributed by atoms with Crippen LogP contribution >= 0.6 is 0 Å². The van der Waals surface area contributed by atoms with Gasteiger partial charge >= 0.3 is 11.9 Å². The van der Waals surface area contributed by atoms with Crippen molar-refractivity contribution in [3.63, 3.8) is 0 Å². The summed E-state index contributed by atoms with van der Waals surface area (Å²) >= 11 is 0. The lowest BCUT2D eigenvalue weighted by Crippen LogP contribution is -2.34. The maximum Gasteiger partial charge on any atom is 0.310 e. The summed E-state index contributed by atoms with van der Waals surface area (Å²) in [4.78, 5) is 40.4. The van der Waals surface area contributed by atoms with Crippen LogP contribution in [0, 0.1) is 5.41 Å². The summed E-state index contributed by atoms with van der Waals surface area (Å²) in [6, 6.07) is 20.8. The largest absolute Gasteiger partial charge is 0.481 e. The number of aryl methyl sites for hydroxylation is 1. The van der Waals surface area contributed by atoms with Crippen molar-refractivity contribution in [1.29, 1.82) is 0 Å². The molecule has 0 saturated carbocycles. The van der Waals surface area contributed by atoms with Crippen LogP contribution in [0.1, 0.15) is 81.8 Å². The quantitative estimate of drug-likeness (QED) is 0.0967. The number of anilines is 1. The lowest BCUT2D eigenvalue weighted by molar-refractivity contribution is -0.151. The van der Waals surface area contributed by atoms with E-state index in [9.17, 15) is 19.5 Å². The van der Waals surface area contributed by atoms with Crippen molar-refractivity contribution >= 4 is 35.7 Å². The van der Waals surface area contributed by atoms with Gasteiger partial charge < -0.3 is 19.9 Å². The molecule has 3 aromatic rings. The predicted molar refractivity (Wildman–Crippen MR) is 168 cm³/mol. The van der Waals surface area contributed by atoms with E-state index in [4.69, 9.17) is 9.47 Å². The van der Waals surface area contributed by atoms with E-state index >= 15 is 0 Å². The number of nitrogens with zero attached hydrogens (tertiary/aromatic N) is 1. The van der Waals surface area contributed by atoms with Crippen LogP contribution in [0.4, 0.5) is 5.69 Å². The molecule has 1 aromatic heterocycles. The zero-order chi connectivity index (χ0) is 31.1. The van der Waals surface area contributed by atoms with E-state index < -0.39 is 11.4 Å². The SMILES string of the molecule is CCC(=O)Oc1ccc(CCCCOCc2cccc(/C=C/c3cccc(NC(=O)CC(CC)(CC)C(=O)O)c3)n2)cc1. The van der Waals surface area contributed by atoms with E-state index in [2.05, 4.69) is 10.3 Å². The van der Waals surface area contributed by atoms with Crippen molar-refractivity contribution in [2.75, 3.05) is 11.9 Å². The number of aliphatic carboxylic acids is 1. The standard InChI is InChI=1S/C35H42N2O6/c1-4-33(39)43-31-20-17-26(18-21-31)11-7-8-22-42-25-30-15-10-13-28(36-30)19-16-27-12-9-14-29(23-27)37-32(38)24-35(5-2,6-3)34(40)41/h9-10,12-21,23H,4-8,11,22,24-25H2,1-3H3,(H,37,38)(H,40,41)/b19-16+. The molecule has 43 heavy (non-hydrogen) atoms.